The van der Waals surface area contributed by atoms with Crippen LogP contribution in [-0.2, 0) is 13.0 Å². The fourth-order valence-corrected chi connectivity index (χ4v) is 1.54. The minimum Gasteiger partial charge on any atom is -0.487 e. The van der Waals surface area contributed by atoms with Gasteiger partial charge in [-0.05, 0) is 36.4 Å². The molecule has 94 valence electrons. The molecule has 0 saturated heterocycles. The van der Waals surface area contributed by atoms with Gasteiger partial charge in [-0.25, -0.2) is 4.39 Å². The molecule has 2 N–H and O–H groups in total. The third-order valence-electron chi connectivity index (χ3n) is 2.52. The molecule has 0 bridgehead atoms. The lowest BCUT2D eigenvalue weighted by atomic mass is 10.2. The van der Waals surface area contributed by atoms with Crippen LogP contribution in [0.15, 0.2) is 42.6 Å². The van der Waals surface area contributed by atoms with Gasteiger partial charge in [0, 0.05) is 12.1 Å². The summed E-state index contributed by atoms with van der Waals surface area (Å²) in [6, 6.07) is 9.99. The summed E-state index contributed by atoms with van der Waals surface area (Å²) in [4.78, 5) is 4.23. The van der Waals surface area contributed by atoms with Crippen molar-refractivity contribution in [2.75, 3.05) is 6.54 Å². The number of hydrogen-bond acceptors (Lipinski definition) is 3. The molecule has 0 aliphatic carbocycles. The highest BCUT2D eigenvalue weighted by atomic mass is 19.1. The monoisotopic (exact) mass is 246 g/mol. The van der Waals surface area contributed by atoms with Gasteiger partial charge in [0.15, 0.2) is 0 Å². The summed E-state index contributed by atoms with van der Waals surface area (Å²) in [5, 5.41) is 0. The Balaban J connectivity index is 1.91. The fraction of sp³-hybridized carbons (Fsp3) is 0.214. The van der Waals surface area contributed by atoms with Crippen LogP contribution in [0.5, 0.6) is 5.75 Å². The van der Waals surface area contributed by atoms with Crippen LogP contribution >= 0.6 is 0 Å². The molecule has 0 fully saturated rings. The SMILES string of the molecule is NCCc1ccc(OCc2ccc(F)cc2)cn1. The Kier molecular flexibility index (Phi) is 4.25. The molecule has 0 aliphatic rings. The first-order valence-electron chi connectivity index (χ1n) is 5.80. The zero-order chi connectivity index (χ0) is 12.8. The van der Waals surface area contributed by atoms with Crippen LogP contribution in [0.2, 0.25) is 0 Å². The number of aromatic nitrogens is 1. The van der Waals surface area contributed by atoms with Crippen LogP contribution in [0, 0.1) is 5.82 Å². The van der Waals surface area contributed by atoms with Gasteiger partial charge in [0.05, 0.1) is 6.20 Å². The Hall–Kier alpha value is -1.94. The normalized spacial score (nSPS) is 10.3. The van der Waals surface area contributed by atoms with Crippen molar-refractivity contribution in [2.24, 2.45) is 5.73 Å². The first kappa shape index (κ1) is 12.5. The van der Waals surface area contributed by atoms with Crippen molar-refractivity contribution >= 4 is 0 Å². The molecule has 2 aromatic rings. The van der Waals surface area contributed by atoms with E-state index in [0.29, 0.717) is 18.9 Å². The van der Waals surface area contributed by atoms with E-state index >= 15 is 0 Å². The number of pyridine rings is 1. The van der Waals surface area contributed by atoms with Crippen molar-refractivity contribution in [1.82, 2.24) is 4.98 Å². The highest BCUT2D eigenvalue weighted by molar-refractivity contribution is 5.21. The molecule has 2 rings (SSSR count). The number of halogens is 1. The second-order valence-corrected chi connectivity index (χ2v) is 3.94. The van der Waals surface area contributed by atoms with E-state index in [-0.39, 0.29) is 5.82 Å². The number of rotatable bonds is 5. The van der Waals surface area contributed by atoms with Crippen molar-refractivity contribution in [3.05, 3.63) is 59.7 Å². The van der Waals surface area contributed by atoms with Crippen molar-refractivity contribution < 1.29 is 9.13 Å². The van der Waals surface area contributed by atoms with E-state index in [9.17, 15) is 4.39 Å². The van der Waals surface area contributed by atoms with E-state index in [2.05, 4.69) is 4.98 Å². The number of ether oxygens (including phenoxy) is 1. The van der Waals surface area contributed by atoms with Crippen molar-refractivity contribution in [1.29, 1.82) is 0 Å². The van der Waals surface area contributed by atoms with E-state index in [1.54, 1.807) is 18.3 Å². The Morgan fingerprint density at radius 1 is 1.11 bits per heavy atom. The van der Waals surface area contributed by atoms with Gasteiger partial charge in [0.2, 0.25) is 0 Å². The molecule has 1 heterocycles. The summed E-state index contributed by atoms with van der Waals surface area (Å²) >= 11 is 0. The standard InChI is InChI=1S/C14H15FN2O/c15-12-3-1-11(2-4-12)10-18-14-6-5-13(7-8-16)17-9-14/h1-6,9H,7-8,10,16H2. The predicted molar refractivity (Wildman–Crippen MR) is 67.7 cm³/mol. The molecule has 0 aliphatic heterocycles. The number of nitrogens with two attached hydrogens (primary N) is 1. The Morgan fingerprint density at radius 3 is 2.50 bits per heavy atom. The second-order valence-electron chi connectivity index (χ2n) is 3.94. The maximum Gasteiger partial charge on any atom is 0.138 e. The third kappa shape index (κ3) is 3.53. The molecule has 0 spiro atoms. The maximum atomic E-state index is 12.7. The Bertz CT molecular complexity index is 482. The lowest BCUT2D eigenvalue weighted by Crippen LogP contribution is -2.04. The van der Waals surface area contributed by atoms with Crippen LogP contribution in [0.1, 0.15) is 11.3 Å². The summed E-state index contributed by atoms with van der Waals surface area (Å²) in [6.07, 6.45) is 2.44. The van der Waals surface area contributed by atoms with Crippen LogP contribution in [0.4, 0.5) is 4.39 Å². The molecule has 0 radical (unpaired) electrons. The summed E-state index contributed by atoms with van der Waals surface area (Å²) in [5.74, 6) is 0.451. The smallest absolute Gasteiger partial charge is 0.138 e. The van der Waals surface area contributed by atoms with Crippen molar-refractivity contribution in [2.45, 2.75) is 13.0 Å². The fourth-order valence-electron chi connectivity index (χ4n) is 1.54. The summed E-state index contributed by atoms with van der Waals surface area (Å²) in [5.41, 5.74) is 7.31. The number of nitrogens with zero attached hydrogens (tertiary/aromatic N) is 1. The van der Waals surface area contributed by atoms with Crippen LogP contribution in [0.3, 0.4) is 0 Å². The third-order valence-corrected chi connectivity index (χ3v) is 2.52. The van der Waals surface area contributed by atoms with Gasteiger partial charge in [0.1, 0.15) is 18.2 Å². The van der Waals surface area contributed by atoms with Gasteiger partial charge < -0.3 is 10.5 Å². The second kappa shape index (κ2) is 6.12. The zero-order valence-electron chi connectivity index (χ0n) is 9.97. The molecule has 1 aromatic carbocycles. The first-order valence-corrected chi connectivity index (χ1v) is 5.80. The summed E-state index contributed by atoms with van der Waals surface area (Å²) < 4.78 is 18.3. The van der Waals surface area contributed by atoms with Crippen molar-refractivity contribution in [3.8, 4) is 5.75 Å². The zero-order valence-corrected chi connectivity index (χ0v) is 9.97. The van der Waals surface area contributed by atoms with E-state index in [0.717, 1.165) is 17.7 Å². The molecular formula is C14H15FN2O. The molecule has 0 amide bonds. The quantitative estimate of drug-likeness (QED) is 0.880. The average Bonchev–Trinajstić information content (AvgIpc) is 2.40. The molecule has 18 heavy (non-hydrogen) atoms. The van der Waals surface area contributed by atoms with Gasteiger partial charge in [-0.3, -0.25) is 4.98 Å². The first-order chi connectivity index (χ1) is 8.78. The highest BCUT2D eigenvalue weighted by Crippen LogP contribution is 2.12. The average molecular weight is 246 g/mol. The summed E-state index contributed by atoms with van der Waals surface area (Å²) in [7, 11) is 0. The largest absolute Gasteiger partial charge is 0.487 e. The molecule has 0 unspecified atom stereocenters. The maximum absolute atomic E-state index is 12.7. The van der Waals surface area contributed by atoms with Gasteiger partial charge >= 0.3 is 0 Å². The van der Waals surface area contributed by atoms with E-state index in [1.807, 2.05) is 12.1 Å². The molecule has 0 atom stereocenters. The molecule has 1 aromatic heterocycles. The van der Waals surface area contributed by atoms with Crippen LogP contribution < -0.4 is 10.5 Å². The topological polar surface area (TPSA) is 48.1 Å². The van der Waals surface area contributed by atoms with Gasteiger partial charge in [-0.15, -0.1) is 0 Å². The van der Waals surface area contributed by atoms with Gasteiger partial charge in [-0.1, -0.05) is 12.1 Å². The number of benzene rings is 1. The van der Waals surface area contributed by atoms with Gasteiger partial charge in [-0.2, -0.15) is 0 Å². The van der Waals surface area contributed by atoms with Crippen LogP contribution in [0.25, 0.3) is 0 Å². The molecular weight excluding hydrogens is 231 g/mol. The Labute approximate surface area is 105 Å². The lowest BCUT2D eigenvalue weighted by Gasteiger charge is -2.06. The minimum absolute atomic E-state index is 0.244. The number of hydrogen-bond donors (Lipinski definition) is 1. The Morgan fingerprint density at radius 2 is 1.89 bits per heavy atom. The molecule has 3 nitrogen and oxygen atoms in total. The predicted octanol–water partition coefficient (Wildman–Crippen LogP) is 2.30. The highest BCUT2D eigenvalue weighted by Gasteiger charge is 1.98. The van der Waals surface area contributed by atoms with Crippen molar-refractivity contribution in [3.63, 3.8) is 0 Å². The van der Waals surface area contributed by atoms with Gasteiger partial charge in [0.25, 0.3) is 0 Å². The molecule has 0 saturated carbocycles. The van der Waals surface area contributed by atoms with Crippen LogP contribution in [-0.4, -0.2) is 11.5 Å². The summed E-state index contributed by atoms with van der Waals surface area (Å²) in [6.45, 7) is 0.987. The van der Waals surface area contributed by atoms with E-state index in [4.69, 9.17) is 10.5 Å². The van der Waals surface area contributed by atoms with E-state index in [1.165, 1.54) is 12.1 Å². The lowest BCUT2D eigenvalue weighted by molar-refractivity contribution is 0.304. The molecule has 4 heteroatoms. The van der Waals surface area contributed by atoms with E-state index < -0.39 is 0 Å². The minimum atomic E-state index is -0.244.